The van der Waals surface area contributed by atoms with Crippen molar-refractivity contribution in [2.75, 3.05) is 5.32 Å². The van der Waals surface area contributed by atoms with Gasteiger partial charge in [0.25, 0.3) is 0 Å². The molecule has 0 unspecified atom stereocenters. The highest BCUT2D eigenvalue weighted by Crippen LogP contribution is 2.24. The predicted molar refractivity (Wildman–Crippen MR) is 91.8 cm³/mol. The number of halogens is 1. The van der Waals surface area contributed by atoms with Crippen LogP contribution in [0.3, 0.4) is 0 Å². The highest BCUT2D eigenvalue weighted by atomic mass is 79.9. The Labute approximate surface area is 133 Å². The second kappa shape index (κ2) is 6.10. The van der Waals surface area contributed by atoms with Gasteiger partial charge in [-0.25, -0.2) is 4.98 Å². The third-order valence-electron chi connectivity index (χ3n) is 3.30. The molecule has 2 nitrogen and oxygen atoms in total. The summed E-state index contributed by atoms with van der Waals surface area (Å²) >= 11 is 3.43. The van der Waals surface area contributed by atoms with E-state index in [9.17, 15) is 0 Å². The average Bonchev–Trinajstić information content (AvgIpc) is 2.52. The maximum absolute atomic E-state index is 4.40. The summed E-state index contributed by atoms with van der Waals surface area (Å²) in [5.41, 5.74) is 4.58. The number of hydrogen-bond acceptors (Lipinski definition) is 2. The molecule has 3 heteroatoms. The van der Waals surface area contributed by atoms with Crippen LogP contribution < -0.4 is 5.32 Å². The quantitative estimate of drug-likeness (QED) is 0.675. The van der Waals surface area contributed by atoms with Gasteiger partial charge in [0.2, 0.25) is 0 Å². The summed E-state index contributed by atoms with van der Waals surface area (Å²) in [6, 6.07) is 20.8. The Kier molecular flexibility index (Phi) is 4.02. The van der Waals surface area contributed by atoms with Crippen molar-refractivity contribution in [2.45, 2.75) is 6.92 Å². The summed E-state index contributed by atoms with van der Waals surface area (Å²) in [6.07, 6.45) is 1.80. The minimum Gasteiger partial charge on any atom is -0.340 e. The van der Waals surface area contributed by atoms with Gasteiger partial charge in [-0.3, -0.25) is 0 Å². The molecule has 0 aliphatic rings. The fraction of sp³-hybridized carbons (Fsp3) is 0.0556. The van der Waals surface area contributed by atoms with E-state index in [4.69, 9.17) is 0 Å². The monoisotopic (exact) mass is 338 g/mol. The maximum Gasteiger partial charge on any atom is 0.133 e. The molecule has 3 rings (SSSR count). The number of aryl methyl sites for hydroxylation is 1. The zero-order valence-electron chi connectivity index (χ0n) is 11.7. The van der Waals surface area contributed by atoms with Crippen molar-refractivity contribution in [2.24, 2.45) is 0 Å². The first-order valence-corrected chi connectivity index (χ1v) is 7.56. The molecule has 0 spiro atoms. The van der Waals surface area contributed by atoms with E-state index in [2.05, 4.69) is 74.8 Å². The van der Waals surface area contributed by atoms with Gasteiger partial charge in [-0.15, -0.1) is 0 Å². The van der Waals surface area contributed by atoms with Gasteiger partial charge in [0.05, 0.1) is 0 Å². The molecule has 1 N–H and O–H groups in total. The summed E-state index contributed by atoms with van der Waals surface area (Å²) in [7, 11) is 0. The fourth-order valence-corrected chi connectivity index (χ4v) is 2.63. The van der Waals surface area contributed by atoms with Crippen molar-refractivity contribution >= 4 is 27.4 Å². The Hall–Kier alpha value is -2.13. The molecule has 0 saturated heterocycles. The zero-order chi connectivity index (χ0) is 14.7. The van der Waals surface area contributed by atoms with Crippen LogP contribution in [0.5, 0.6) is 0 Å². The minimum atomic E-state index is 0.880. The lowest BCUT2D eigenvalue weighted by atomic mass is 10.1. The summed E-state index contributed by atoms with van der Waals surface area (Å²) in [6.45, 7) is 2.04. The molecule has 3 aromatic rings. The number of benzene rings is 2. The van der Waals surface area contributed by atoms with Crippen molar-refractivity contribution in [3.05, 3.63) is 76.9 Å². The van der Waals surface area contributed by atoms with E-state index in [-0.39, 0.29) is 0 Å². The number of nitrogens with one attached hydrogen (secondary N) is 1. The first-order chi connectivity index (χ1) is 10.2. The Morgan fingerprint density at radius 2 is 1.57 bits per heavy atom. The molecule has 0 radical (unpaired) electrons. The van der Waals surface area contributed by atoms with E-state index >= 15 is 0 Å². The van der Waals surface area contributed by atoms with Gasteiger partial charge in [-0.05, 0) is 57.7 Å². The Morgan fingerprint density at radius 3 is 2.24 bits per heavy atom. The van der Waals surface area contributed by atoms with Gasteiger partial charge >= 0.3 is 0 Å². The molecule has 0 aliphatic carbocycles. The van der Waals surface area contributed by atoms with E-state index in [1.165, 1.54) is 11.1 Å². The molecule has 1 aromatic heterocycles. The van der Waals surface area contributed by atoms with Crippen LogP contribution in [0.1, 0.15) is 5.56 Å². The van der Waals surface area contributed by atoms with Crippen LogP contribution in [-0.2, 0) is 0 Å². The lowest BCUT2D eigenvalue weighted by Gasteiger charge is -2.09. The van der Waals surface area contributed by atoms with Gasteiger partial charge in [-0.1, -0.05) is 42.5 Å². The number of anilines is 2. The Balaban J connectivity index is 1.81. The summed E-state index contributed by atoms with van der Waals surface area (Å²) in [4.78, 5) is 4.40. The van der Waals surface area contributed by atoms with Crippen molar-refractivity contribution in [1.29, 1.82) is 0 Å². The van der Waals surface area contributed by atoms with Crippen molar-refractivity contribution < 1.29 is 0 Å². The number of aromatic nitrogens is 1. The third-order valence-corrected chi connectivity index (χ3v) is 3.73. The molecule has 104 valence electrons. The SMILES string of the molecule is Cc1cc(Br)cnc1Nc1ccc(-c2ccccc2)cc1. The molecule has 0 bridgehead atoms. The Morgan fingerprint density at radius 1 is 0.905 bits per heavy atom. The van der Waals surface area contributed by atoms with Gasteiger partial charge in [0, 0.05) is 16.4 Å². The number of pyridine rings is 1. The Bertz CT molecular complexity index is 737. The third kappa shape index (κ3) is 3.31. The second-order valence-corrected chi connectivity index (χ2v) is 5.80. The minimum absolute atomic E-state index is 0.880. The molecule has 0 aliphatic heterocycles. The number of rotatable bonds is 3. The molecule has 0 amide bonds. The van der Waals surface area contributed by atoms with Gasteiger partial charge in [0.15, 0.2) is 0 Å². The average molecular weight is 339 g/mol. The van der Waals surface area contributed by atoms with Crippen LogP contribution >= 0.6 is 15.9 Å². The largest absolute Gasteiger partial charge is 0.340 e. The molecule has 21 heavy (non-hydrogen) atoms. The molecular formula is C18H15BrN2. The molecule has 0 saturated carbocycles. The molecule has 0 atom stereocenters. The predicted octanol–water partition coefficient (Wildman–Crippen LogP) is 5.56. The molecular weight excluding hydrogens is 324 g/mol. The highest BCUT2D eigenvalue weighted by molar-refractivity contribution is 9.10. The van der Waals surface area contributed by atoms with Crippen molar-refractivity contribution in [1.82, 2.24) is 4.98 Å². The van der Waals surface area contributed by atoms with Crippen molar-refractivity contribution in [3.63, 3.8) is 0 Å². The maximum atomic E-state index is 4.40. The normalized spacial score (nSPS) is 10.4. The van der Waals surface area contributed by atoms with Gasteiger partial charge < -0.3 is 5.32 Å². The first-order valence-electron chi connectivity index (χ1n) is 6.77. The van der Waals surface area contributed by atoms with Crippen LogP contribution in [0.4, 0.5) is 11.5 Å². The highest BCUT2D eigenvalue weighted by Gasteiger charge is 2.02. The standard InChI is InChI=1S/C18H15BrN2/c1-13-11-16(19)12-20-18(13)21-17-9-7-15(8-10-17)14-5-3-2-4-6-14/h2-12H,1H3,(H,20,21). The van der Waals surface area contributed by atoms with Crippen LogP contribution in [-0.4, -0.2) is 4.98 Å². The van der Waals surface area contributed by atoms with Gasteiger partial charge in [0.1, 0.15) is 5.82 Å². The number of nitrogens with zero attached hydrogens (tertiary/aromatic N) is 1. The van der Waals surface area contributed by atoms with E-state index in [0.717, 1.165) is 21.5 Å². The topological polar surface area (TPSA) is 24.9 Å². The van der Waals surface area contributed by atoms with Gasteiger partial charge in [-0.2, -0.15) is 0 Å². The first kappa shape index (κ1) is 13.8. The molecule has 1 heterocycles. The van der Waals surface area contributed by atoms with E-state index < -0.39 is 0 Å². The summed E-state index contributed by atoms with van der Waals surface area (Å²) in [5, 5.41) is 3.35. The summed E-state index contributed by atoms with van der Waals surface area (Å²) in [5.74, 6) is 0.880. The van der Waals surface area contributed by atoms with Crippen LogP contribution in [0.15, 0.2) is 71.3 Å². The molecule has 0 fully saturated rings. The van der Waals surface area contributed by atoms with E-state index in [1.807, 2.05) is 19.1 Å². The van der Waals surface area contributed by atoms with E-state index in [0.29, 0.717) is 0 Å². The van der Waals surface area contributed by atoms with Crippen molar-refractivity contribution in [3.8, 4) is 11.1 Å². The zero-order valence-corrected chi connectivity index (χ0v) is 13.3. The van der Waals surface area contributed by atoms with Crippen LogP contribution in [0.25, 0.3) is 11.1 Å². The van der Waals surface area contributed by atoms with Crippen LogP contribution in [0, 0.1) is 6.92 Å². The lowest BCUT2D eigenvalue weighted by Crippen LogP contribution is -1.96. The van der Waals surface area contributed by atoms with Crippen LogP contribution in [0.2, 0.25) is 0 Å². The van der Waals surface area contributed by atoms with E-state index in [1.54, 1.807) is 6.20 Å². The lowest BCUT2D eigenvalue weighted by molar-refractivity contribution is 1.24. The second-order valence-electron chi connectivity index (χ2n) is 4.89. The number of hydrogen-bond donors (Lipinski definition) is 1. The summed E-state index contributed by atoms with van der Waals surface area (Å²) < 4.78 is 0.991. The smallest absolute Gasteiger partial charge is 0.133 e. The molecule has 2 aromatic carbocycles. The fourth-order valence-electron chi connectivity index (χ4n) is 2.18.